The van der Waals surface area contributed by atoms with Gasteiger partial charge in [-0.1, -0.05) is 36.6 Å². The smallest absolute Gasteiger partial charge is 0.317 e. The number of hydrogen-bond acceptors (Lipinski definition) is 5. The summed E-state index contributed by atoms with van der Waals surface area (Å²) in [6.07, 6.45) is 2.28. The van der Waals surface area contributed by atoms with Crippen LogP contribution in [0.4, 0.5) is 5.69 Å². The zero-order valence-electron chi connectivity index (χ0n) is 17.4. The molecule has 1 fully saturated rings. The van der Waals surface area contributed by atoms with Gasteiger partial charge >= 0.3 is 5.97 Å². The van der Waals surface area contributed by atoms with Crippen LogP contribution in [-0.2, 0) is 19.7 Å². The van der Waals surface area contributed by atoms with E-state index in [1.54, 1.807) is 37.3 Å². The highest BCUT2D eigenvalue weighted by Gasteiger charge is 2.45. The number of amides is 1. The van der Waals surface area contributed by atoms with Crippen molar-refractivity contribution in [2.45, 2.75) is 44.1 Å². The molecule has 0 heterocycles. The molecule has 2 aromatic carbocycles. The number of esters is 1. The van der Waals surface area contributed by atoms with Gasteiger partial charge in [0.25, 0.3) is 5.91 Å². The molecule has 0 spiro atoms. The average Bonchev–Trinajstić information content (AvgIpc) is 3.25. The molecule has 1 aliphatic carbocycles. The number of ether oxygens (including phenoxy) is 3. The Morgan fingerprint density at radius 3 is 2.10 bits per heavy atom. The summed E-state index contributed by atoms with van der Waals surface area (Å²) in [6, 6.07) is 12.3. The van der Waals surface area contributed by atoms with Gasteiger partial charge in [-0.15, -0.1) is 0 Å². The Morgan fingerprint density at radius 2 is 1.57 bits per heavy atom. The Hall–Kier alpha value is -2.73. The number of hydrogen-bond donors (Lipinski definition) is 1. The fraction of sp³-hybridized carbons (Fsp3) is 0.391. The van der Waals surface area contributed by atoms with Crippen molar-refractivity contribution in [1.82, 2.24) is 0 Å². The highest BCUT2D eigenvalue weighted by Crippen LogP contribution is 2.42. The minimum atomic E-state index is -0.959. The number of rotatable bonds is 7. The zero-order valence-corrected chi connectivity index (χ0v) is 18.1. The van der Waals surface area contributed by atoms with E-state index in [9.17, 15) is 9.59 Å². The van der Waals surface area contributed by atoms with Gasteiger partial charge < -0.3 is 19.5 Å². The summed E-state index contributed by atoms with van der Waals surface area (Å²) in [5.74, 6) is 0.278. The maximum absolute atomic E-state index is 13.1. The van der Waals surface area contributed by atoms with E-state index in [4.69, 9.17) is 25.8 Å². The van der Waals surface area contributed by atoms with Crippen molar-refractivity contribution in [2.75, 3.05) is 19.5 Å². The molecule has 2 aromatic rings. The molecular weight excluding hydrogens is 406 g/mol. The maximum atomic E-state index is 13.1. The molecule has 0 bridgehead atoms. The van der Waals surface area contributed by atoms with Gasteiger partial charge in [0.15, 0.2) is 6.10 Å². The molecule has 1 saturated carbocycles. The largest absolute Gasteiger partial charge is 0.497 e. The highest BCUT2D eigenvalue weighted by atomic mass is 35.5. The summed E-state index contributed by atoms with van der Waals surface area (Å²) in [5.41, 5.74) is 0.630. The Morgan fingerprint density at radius 1 is 1.00 bits per heavy atom. The van der Waals surface area contributed by atoms with E-state index in [2.05, 4.69) is 5.32 Å². The molecule has 7 heteroatoms. The quantitative estimate of drug-likeness (QED) is 0.641. The second-order valence-corrected chi connectivity index (χ2v) is 7.87. The van der Waals surface area contributed by atoms with E-state index in [1.807, 2.05) is 12.1 Å². The van der Waals surface area contributed by atoms with Crippen LogP contribution in [0.5, 0.6) is 11.5 Å². The zero-order chi connectivity index (χ0) is 21.7. The van der Waals surface area contributed by atoms with Crippen molar-refractivity contribution in [3.05, 3.63) is 53.1 Å². The minimum Gasteiger partial charge on any atom is -0.497 e. The number of benzene rings is 2. The monoisotopic (exact) mass is 431 g/mol. The first-order valence-corrected chi connectivity index (χ1v) is 10.3. The predicted octanol–water partition coefficient (Wildman–Crippen LogP) is 4.74. The molecule has 0 aliphatic heterocycles. The Kier molecular flexibility index (Phi) is 6.87. The average molecular weight is 432 g/mol. The number of methoxy groups -OCH3 is 2. The van der Waals surface area contributed by atoms with Crippen LogP contribution in [0, 0.1) is 0 Å². The third-order valence-corrected chi connectivity index (χ3v) is 5.77. The van der Waals surface area contributed by atoms with Gasteiger partial charge in [0.05, 0.1) is 19.6 Å². The van der Waals surface area contributed by atoms with Crippen LogP contribution in [0.25, 0.3) is 0 Å². The van der Waals surface area contributed by atoms with Crippen LogP contribution >= 0.6 is 11.6 Å². The molecular formula is C23H26ClNO5. The summed E-state index contributed by atoms with van der Waals surface area (Å²) in [6.45, 7) is 1.56. The van der Waals surface area contributed by atoms with E-state index in [0.717, 1.165) is 18.4 Å². The van der Waals surface area contributed by atoms with Crippen LogP contribution in [0.3, 0.4) is 0 Å². The molecule has 3 rings (SSSR count). The van der Waals surface area contributed by atoms with E-state index in [0.29, 0.717) is 35.1 Å². The molecule has 1 aliphatic rings. The fourth-order valence-corrected chi connectivity index (χ4v) is 3.93. The van der Waals surface area contributed by atoms with Crippen LogP contribution in [0.15, 0.2) is 42.5 Å². The summed E-state index contributed by atoms with van der Waals surface area (Å²) >= 11 is 6.00. The van der Waals surface area contributed by atoms with Crippen LogP contribution < -0.4 is 14.8 Å². The first-order valence-electron chi connectivity index (χ1n) is 9.89. The van der Waals surface area contributed by atoms with E-state index in [-0.39, 0.29) is 5.97 Å². The predicted molar refractivity (Wildman–Crippen MR) is 115 cm³/mol. The Bertz CT molecular complexity index is 884. The molecule has 1 unspecified atom stereocenters. The molecule has 6 nitrogen and oxygen atoms in total. The van der Waals surface area contributed by atoms with Gasteiger partial charge in [-0.3, -0.25) is 9.59 Å². The maximum Gasteiger partial charge on any atom is 0.317 e. The first-order chi connectivity index (χ1) is 14.4. The summed E-state index contributed by atoms with van der Waals surface area (Å²) in [7, 11) is 3.06. The van der Waals surface area contributed by atoms with Crippen LogP contribution in [-0.4, -0.2) is 32.2 Å². The summed E-state index contributed by atoms with van der Waals surface area (Å²) in [4.78, 5) is 25.8. The molecule has 1 amide bonds. The van der Waals surface area contributed by atoms with E-state index < -0.39 is 17.4 Å². The van der Waals surface area contributed by atoms with Gasteiger partial charge in [0.2, 0.25) is 0 Å². The van der Waals surface area contributed by atoms with Gasteiger partial charge in [-0.05, 0) is 37.5 Å². The molecule has 1 atom stereocenters. The van der Waals surface area contributed by atoms with Gasteiger partial charge in [0.1, 0.15) is 11.5 Å². The molecule has 0 radical (unpaired) electrons. The minimum absolute atomic E-state index is 0.381. The second-order valence-electron chi connectivity index (χ2n) is 7.43. The normalized spacial score (nSPS) is 15.9. The molecule has 1 N–H and O–H groups in total. The van der Waals surface area contributed by atoms with E-state index in [1.165, 1.54) is 14.2 Å². The van der Waals surface area contributed by atoms with Crippen molar-refractivity contribution in [1.29, 1.82) is 0 Å². The third kappa shape index (κ3) is 4.70. The second kappa shape index (κ2) is 9.39. The molecule has 0 saturated heterocycles. The molecule has 0 aromatic heterocycles. The van der Waals surface area contributed by atoms with Crippen LogP contribution in [0.1, 0.15) is 38.2 Å². The number of carbonyl (C=O) groups excluding carboxylic acids is 2. The van der Waals surface area contributed by atoms with E-state index >= 15 is 0 Å². The summed E-state index contributed by atoms with van der Waals surface area (Å²) in [5, 5.41) is 3.37. The molecule has 160 valence electrons. The Labute approximate surface area is 181 Å². The Balaban J connectivity index is 1.72. The fourth-order valence-electron chi connectivity index (χ4n) is 3.81. The standard InChI is InChI=1S/C23H26ClNO5/c1-15(21(26)25-18-12-19(28-2)14-20(13-18)29-3)30-22(27)23(10-4-5-11-23)16-6-8-17(24)9-7-16/h6-9,12-15H,4-5,10-11H2,1-3H3,(H,25,26). The number of anilines is 1. The third-order valence-electron chi connectivity index (χ3n) is 5.52. The number of halogens is 1. The van der Waals surface area contributed by atoms with Crippen molar-refractivity contribution >= 4 is 29.2 Å². The lowest BCUT2D eigenvalue weighted by Gasteiger charge is -2.28. The number of nitrogens with one attached hydrogen (secondary N) is 1. The highest BCUT2D eigenvalue weighted by molar-refractivity contribution is 6.30. The van der Waals surface area contributed by atoms with Crippen molar-refractivity contribution < 1.29 is 23.8 Å². The first kappa shape index (κ1) is 22.0. The van der Waals surface area contributed by atoms with Gasteiger partial charge in [-0.25, -0.2) is 0 Å². The van der Waals surface area contributed by atoms with Crippen LogP contribution in [0.2, 0.25) is 5.02 Å². The number of carbonyl (C=O) groups is 2. The van der Waals surface area contributed by atoms with Crippen molar-refractivity contribution in [3.63, 3.8) is 0 Å². The SMILES string of the molecule is COc1cc(NC(=O)C(C)OC(=O)C2(c3ccc(Cl)cc3)CCCC2)cc(OC)c1. The summed E-state index contributed by atoms with van der Waals surface area (Å²) < 4.78 is 16.1. The lowest BCUT2D eigenvalue weighted by molar-refractivity contribution is -0.159. The lowest BCUT2D eigenvalue weighted by Crippen LogP contribution is -2.39. The lowest BCUT2D eigenvalue weighted by atomic mass is 9.79. The molecule has 30 heavy (non-hydrogen) atoms. The van der Waals surface area contributed by atoms with Crippen molar-refractivity contribution in [2.24, 2.45) is 0 Å². The van der Waals surface area contributed by atoms with Gasteiger partial charge in [0, 0.05) is 28.9 Å². The van der Waals surface area contributed by atoms with Gasteiger partial charge in [-0.2, -0.15) is 0 Å². The van der Waals surface area contributed by atoms with Crippen molar-refractivity contribution in [3.8, 4) is 11.5 Å². The topological polar surface area (TPSA) is 73.9 Å².